The minimum atomic E-state index is -3.02. The molecule has 0 spiro atoms. The average Bonchev–Trinajstić information content (AvgIpc) is 2.62. The van der Waals surface area contributed by atoms with Crippen molar-refractivity contribution in [3.63, 3.8) is 0 Å². The number of carbonyl (C=O) groups excluding carboxylic acids is 2. The molecule has 0 radical (unpaired) electrons. The summed E-state index contributed by atoms with van der Waals surface area (Å²) in [4.78, 5) is 23.6. The zero-order valence-electron chi connectivity index (χ0n) is 13.9. The van der Waals surface area contributed by atoms with Crippen molar-refractivity contribution in [1.29, 1.82) is 0 Å². The molecule has 0 aliphatic heterocycles. The number of hydrogen-bond acceptors (Lipinski definition) is 5. The van der Waals surface area contributed by atoms with E-state index < -0.39 is 25.1 Å². The Morgan fingerprint density at radius 1 is 1.08 bits per heavy atom. The van der Waals surface area contributed by atoms with Crippen LogP contribution in [0.25, 0.3) is 0 Å². The molecule has 138 valence electrons. The molecule has 0 fully saturated rings. The first-order valence-corrected chi connectivity index (χ1v) is 7.60. The summed E-state index contributed by atoms with van der Waals surface area (Å²) in [6.45, 7) is -3.56. The smallest absolute Gasteiger partial charge is 0.387 e. The van der Waals surface area contributed by atoms with E-state index in [2.05, 4.69) is 10.1 Å². The Hall–Kier alpha value is -3.16. The second-order valence-electron chi connectivity index (χ2n) is 5.11. The molecule has 0 bridgehead atoms. The van der Waals surface area contributed by atoms with Crippen LogP contribution in [-0.4, -0.2) is 32.2 Å². The van der Waals surface area contributed by atoms with Gasteiger partial charge in [0.05, 0.1) is 19.2 Å². The quantitative estimate of drug-likeness (QED) is 0.728. The lowest BCUT2D eigenvalue weighted by molar-refractivity contribution is -0.146. The third-order valence-electron chi connectivity index (χ3n) is 3.25. The van der Waals surface area contributed by atoms with Crippen LogP contribution in [0.1, 0.15) is 5.56 Å². The number of ether oxygens (including phenoxy) is 3. The largest absolute Gasteiger partial charge is 0.497 e. The minimum Gasteiger partial charge on any atom is -0.497 e. The lowest BCUT2D eigenvalue weighted by Gasteiger charge is -2.11. The van der Waals surface area contributed by atoms with Crippen LogP contribution in [0.2, 0.25) is 0 Å². The van der Waals surface area contributed by atoms with E-state index in [0.717, 1.165) is 0 Å². The van der Waals surface area contributed by atoms with E-state index in [9.17, 15) is 18.4 Å². The van der Waals surface area contributed by atoms with Crippen LogP contribution in [0.4, 0.5) is 14.5 Å². The Kier molecular flexibility index (Phi) is 6.90. The van der Waals surface area contributed by atoms with Crippen LogP contribution in [0, 0.1) is 0 Å². The molecular weight excluding hydrogens is 348 g/mol. The van der Waals surface area contributed by atoms with Gasteiger partial charge in [-0.3, -0.25) is 9.59 Å². The summed E-state index contributed by atoms with van der Waals surface area (Å²) in [5, 5.41) is 2.36. The van der Waals surface area contributed by atoms with Gasteiger partial charge in [-0.15, -0.1) is 0 Å². The average molecular weight is 365 g/mol. The Balaban J connectivity index is 1.83. The highest BCUT2D eigenvalue weighted by molar-refractivity contribution is 5.94. The van der Waals surface area contributed by atoms with E-state index in [0.29, 0.717) is 11.3 Å². The second-order valence-corrected chi connectivity index (χ2v) is 5.11. The van der Waals surface area contributed by atoms with E-state index in [1.807, 2.05) is 0 Å². The zero-order valence-corrected chi connectivity index (χ0v) is 13.9. The number of para-hydroxylation sites is 2. The number of alkyl halides is 2. The molecular formula is C18H17F2NO5. The van der Waals surface area contributed by atoms with Crippen LogP contribution in [0.3, 0.4) is 0 Å². The van der Waals surface area contributed by atoms with Crippen molar-refractivity contribution in [2.24, 2.45) is 0 Å². The maximum Gasteiger partial charge on any atom is 0.387 e. The van der Waals surface area contributed by atoms with Gasteiger partial charge in [0.25, 0.3) is 5.91 Å². The molecule has 1 N–H and O–H groups in total. The van der Waals surface area contributed by atoms with Crippen LogP contribution >= 0.6 is 0 Å². The third kappa shape index (κ3) is 6.04. The maximum absolute atomic E-state index is 12.3. The van der Waals surface area contributed by atoms with Gasteiger partial charge in [-0.2, -0.15) is 8.78 Å². The molecule has 0 aromatic heterocycles. The number of methoxy groups -OCH3 is 1. The fourth-order valence-electron chi connectivity index (χ4n) is 2.06. The molecule has 2 aromatic rings. The second kappa shape index (κ2) is 9.36. The van der Waals surface area contributed by atoms with Gasteiger partial charge in [0.1, 0.15) is 11.5 Å². The highest BCUT2D eigenvalue weighted by atomic mass is 19.3. The Morgan fingerprint density at radius 2 is 1.77 bits per heavy atom. The van der Waals surface area contributed by atoms with Gasteiger partial charge < -0.3 is 19.5 Å². The van der Waals surface area contributed by atoms with Crippen molar-refractivity contribution in [3.8, 4) is 11.5 Å². The molecule has 8 heteroatoms. The molecule has 1 amide bonds. The first-order chi connectivity index (χ1) is 12.5. The molecule has 0 saturated heterocycles. The van der Waals surface area contributed by atoms with Gasteiger partial charge in [0.2, 0.25) is 0 Å². The van der Waals surface area contributed by atoms with Crippen molar-refractivity contribution >= 4 is 17.6 Å². The molecule has 0 saturated carbocycles. The number of halogens is 2. The van der Waals surface area contributed by atoms with Gasteiger partial charge in [-0.25, -0.2) is 0 Å². The van der Waals surface area contributed by atoms with E-state index in [-0.39, 0.29) is 17.9 Å². The van der Waals surface area contributed by atoms with Crippen molar-refractivity contribution < 1.29 is 32.6 Å². The fourth-order valence-corrected chi connectivity index (χ4v) is 2.06. The molecule has 0 heterocycles. The van der Waals surface area contributed by atoms with Gasteiger partial charge in [0.15, 0.2) is 6.61 Å². The van der Waals surface area contributed by atoms with Crippen LogP contribution in [-0.2, 0) is 20.7 Å². The number of benzene rings is 2. The predicted octanol–water partition coefficient (Wildman–Crippen LogP) is 3.02. The molecule has 6 nitrogen and oxygen atoms in total. The summed E-state index contributed by atoms with van der Waals surface area (Å²) in [7, 11) is 1.53. The molecule has 0 atom stereocenters. The molecule has 0 aliphatic rings. The van der Waals surface area contributed by atoms with E-state index in [1.54, 1.807) is 30.3 Å². The number of nitrogens with one attached hydrogen (secondary N) is 1. The summed E-state index contributed by atoms with van der Waals surface area (Å²) in [5.41, 5.74) is 0.760. The highest BCUT2D eigenvalue weighted by Gasteiger charge is 2.13. The standard InChI is InChI=1S/C18H17F2NO5/c1-24-13-8-6-12(7-9-13)10-17(23)25-11-16(22)21-14-4-2-3-5-15(14)26-18(19)20/h2-9,18H,10-11H2,1H3,(H,21,22). The Labute approximate surface area is 148 Å². The predicted molar refractivity (Wildman–Crippen MR) is 89.4 cm³/mol. The van der Waals surface area contributed by atoms with Gasteiger partial charge in [-0.1, -0.05) is 24.3 Å². The van der Waals surface area contributed by atoms with Crippen LogP contribution in [0.15, 0.2) is 48.5 Å². The third-order valence-corrected chi connectivity index (χ3v) is 3.25. The van der Waals surface area contributed by atoms with Crippen molar-refractivity contribution in [2.45, 2.75) is 13.0 Å². The lowest BCUT2D eigenvalue weighted by atomic mass is 10.1. The monoisotopic (exact) mass is 365 g/mol. The zero-order chi connectivity index (χ0) is 18.9. The normalized spacial score (nSPS) is 10.3. The molecule has 2 rings (SSSR count). The number of carbonyl (C=O) groups is 2. The van der Waals surface area contributed by atoms with Crippen molar-refractivity contribution in [3.05, 3.63) is 54.1 Å². The molecule has 26 heavy (non-hydrogen) atoms. The number of esters is 1. The van der Waals surface area contributed by atoms with E-state index in [4.69, 9.17) is 9.47 Å². The molecule has 0 aliphatic carbocycles. The van der Waals surface area contributed by atoms with Crippen molar-refractivity contribution in [2.75, 3.05) is 19.0 Å². The highest BCUT2D eigenvalue weighted by Crippen LogP contribution is 2.25. The summed E-state index contributed by atoms with van der Waals surface area (Å²) >= 11 is 0. The summed E-state index contributed by atoms with van der Waals surface area (Å²) in [6, 6.07) is 12.5. The number of anilines is 1. The van der Waals surface area contributed by atoms with Crippen LogP contribution in [0.5, 0.6) is 11.5 Å². The maximum atomic E-state index is 12.3. The fraction of sp³-hybridized carbons (Fsp3) is 0.222. The lowest BCUT2D eigenvalue weighted by Crippen LogP contribution is -2.22. The van der Waals surface area contributed by atoms with Gasteiger partial charge in [0, 0.05) is 0 Å². The first-order valence-electron chi connectivity index (χ1n) is 7.60. The summed E-state index contributed by atoms with van der Waals surface area (Å²) in [5.74, 6) is -0.785. The van der Waals surface area contributed by atoms with Crippen molar-refractivity contribution in [1.82, 2.24) is 0 Å². The SMILES string of the molecule is COc1ccc(CC(=O)OCC(=O)Nc2ccccc2OC(F)F)cc1. The summed E-state index contributed by atoms with van der Waals surface area (Å²) < 4.78 is 38.9. The van der Waals surface area contributed by atoms with E-state index >= 15 is 0 Å². The molecule has 2 aromatic carbocycles. The Bertz CT molecular complexity index is 750. The Morgan fingerprint density at radius 3 is 2.42 bits per heavy atom. The number of rotatable bonds is 8. The minimum absolute atomic E-state index is 0.0116. The number of hydrogen-bond donors (Lipinski definition) is 1. The molecule has 0 unspecified atom stereocenters. The van der Waals surface area contributed by atoms with Crippen LogP contribution < -0.4 is 14.8 Å². The summed E-state index contributed by atoms with van der Waals surface area (Å²) in [6.07, 6.45) is -0.0116. The van der Waals surface area contributed by atoms with E-state index in [1.165, 1.54) is 25.3 Å². The van der Waals surface area contributed by atoms with Gasteiger partial charge >= 0.3 is 12.6 Å². The first kappa shape index (κ1) is 19.2. The number of amides is 1. The topological polar surface area (TPSA) is 73.9 Å². The van der Waals surface area contributed by atoms with Gasteiger partial charge in [-0.05, 0) is 29.8 Å².